The minimum absolute atomic E-state index is 0.114. The highest BCUT2D eigenvalue weighted by Gasteiger charge is 2.21. The summed E-state index contributed by atoms with van der Waals surface area (Å²) in [5, 5.41) is 20.7. The molecule has 1 aliphatic rings. The first-order valence-electron chi connectivity index (χ1n) is 4.38. The highest BCUT2D eigenvalue weighted by molar-refractivity contribution is 8.14. The lowest BCUT2D eigenvalue weighted by Gasteiger charge is -2.04. The number of carboxylic acid groups (broad SMARTS) is 1. The van der Waals surface area contributed by atoms with Crippen molar-refractivity contribution >= 4 is 22.8 Å². The number of aliphatic imine (C=N–C) groups is 1. The van der Waals surface area contributed by atoms with E-state index in [1.54, 1.807) is 24.3 Å². The number of carboxylic acids is 1. The number of para-hydroxylation sites is 1. The number of carbonyl (C=O) groups excluding carboxylic acids is 1. The predicted molar refractivity (Wildman–Crippen MR) is 55.9 cm³/mol. The van der Waals surface area contributed by atoms with Gasteiger partial charge in [-0.1, -0.05) is 12.1 Å². The Kier molecular flexibility index (Phi) is 2.64. The molecule has 0 fully saturated rings. The molecule has 78 valence electrons. The summed E-state index contributed by atoms with van der Waals surface area (Å²) >= 11 is 1.32. The molecule has 1 aromatic carbocycles. The lowest BCUT2D eigenvalue weighted by molar-refractivity contribution is -0.306. The number of carbonyl (C=O) groups is 1. The minimum atomic E-state index is -1.17. The Hall–Kier alpha value is -1.49. The Morgan fingerprint density at radius 3 is 2.87 bits per heavy atom. The third-order valence-corrected chi connectivity index (χ3v) is 3.14. The van der Waals surface area contributed by atoms with Gasteiger partial charge in [0, 0.05) is 11.3 Å². The van der Waals surface area contributed by atoms with Crippen molar-refractivity contribution in [1.82, 2.24) is 0 Å². The Morgan fingerprint density at radius 2 is 2.27 bits per heavy atom. The normalized spacial score (nSPS) is 20.0. The first-order chi connectivity index (χ1) is 7.18. The Labute approximate surface area is 90.7 Å². The maximum absolute atomic E-state index is 10.6. The number of phenols is 1. The van der Waals surface area contributed by atoms with Gasteiger partial charge in [0.05, 0.1) is 5.97 Å². The van der Waals surface area contributed by atoms with Gasteiger partial charge in [-0.15, -0.1) is 11.8 Å². The zero-order valence-electron chi connectivity index (χ0n) is 7.71. The lowest BCUT2D eigenvalue weighted by Crippen LogP contribution is -2.34. The van der Waals surface area contributed by atoms with Gasteiger partial charge in [0.25, 0.3) is 0 Å². The Bertz CT molecular complexity index is 430. The second-order valence-electron chi connectivity index (χ2n) is 3.10. The summed E-state index contributed by atoms with van der Waals surface area (Å²) < 4.78 is 0. The number of hydrogen-bond acceptors (Lipinski definition) is 5. The van der Waals surface area contributed by atoms with Crippen molar-refractivity contribution < 1.29 is 15.0 Å². The molecule has 0 radical (unpaired) electrons. The van der Waals surface area contributed by atoms with Crippen LogP contribution in [-0.4, -0.2) is 27.9 Å². The molecule has 1 aliphatic heterocycles. The molecule has 0 bridgehead atoms. The second-order valence-corrected chi connectivity index (χ2v) is 4.11. The van der Waals surface area contributed by atoms with Gasteiger partial charge >= 0.3 is 0 Å². The number of benzene rings is 1. The molecule has 0 saturated heterocycles. The summed E-state index contributed by atoms with van der Waals surface area (Å²) in [5.74, 6) is -0.693. The smallest absolute Gasteiger partial charge is 0.125 e. The van der Waals surface area contributed by atoms with Gasteiger partial charge in [-0.2, -0.15) is 0 Å². The van der Waals surface area contributed by atoms with Crippen LogP contribution in [0.3, 0.4) is 0 Å². The molecule has 0 saturated carbocycles. The van der Waals surface area contributed by atoms with Crippen molar-refractivity contribution in [3.63, 3.8) is 0 Å². The van der Waals surface area contributed by atoms with Crippen LogP contribution in [0.4, 0.5) is 0 Å². The van der Waals surface area contributed by atoms with Crippen LogP contribution in [0.15, 0.2) is 29.3 Å². The van der Waals surface area contributed by atoms with Crippen LogP contribution in [0.5, 0.6) is 5.75 Å². The zero-order valence-corrected chi connectivity index (χ0v) is 8.53. The van der Waals surface area contributed by atoms with Gasteiger partial charge in [-0.05, 0) is 12.1 Å². The fraction of sp³-hybridized carbons (Fsp3) is 0.200. The fourth-order valence-corrected chi connectivity index (χ4v) is 2.35. The molecule has 5 heteroatoms. The number of rotatable bonds is 2. The third kappa shape index (κ3) is 1.97. The van der Waals surface area contributed by atoms with E-state index in [4.69, 9.17) is 0 Å². The maximum Gasteiger partial charge on any atom is 0.125 e. The maximum atomic E-state index is 10.6. The van der Waals surface area contributed by atoms with E-state index in [9.17, 15) is 15.0 Å². The molecular formula is C10H8NO3S-. The molecule has 1 heterocycles. The van der Waals surface area contributed by atoms with E-state index in [1.807, 2.05) is 0 Å². The van der Waals surface area contributed by atoms with Crippen LogP contribution in [0, 0.1) is 0 Å². The average molecular weight is 222 g/mol. The van der Waals surface area contributed by atoms with Crippen LogP contribution in [0.2, 0.25) is 0 Å². The molecule has 1 unspecified atom stereocenters. The molecule has 1 atom stereocenters. The molecule has 2 rings (SSSR count). The van der Waals surface area contributed by atoms with Crippen LogP contribution >= 0.6 is 11.8 Å². The van der Waals surface area contributed by atoms with Crippen molar-refractivity contribution in [2.75, 3.05) is 5.75 Å². The molecule has 0 amide bonds. The fourth-order valence-electron chi connectivity index (χ4n) is 1.30. The summed E-state index contributed by atoms with van der Waals surface area (Å²) in [6.45, 7) is 0. The van der Waals surface area contributed by atoms with Gasteiger partial charge in [0.15, 0.2) is 0 Å². The topological polar surface area (TPSA) is 72.7 Å². The number of phenolic OH excluding ortho intramolecular Hbond substituents is 1. The monoisotopic (exact) mass is 222 g/mol. The molecule has 0 aromatic heterocycles. The summed E-state index contributed by atoms with van der Waals surface area (Å²) in [5.41, 5.74) is 0.575. The van der Waals surface area contributed by atoms with Crippen molar-refractivity contribution in [2.24, 2.45) is 4.99 Å². The van der Waals surface area contributed by atoms with Gasteiger partial charge in [0.1, 0.15) is 16.8 Å². The summed E-state index contributed by atoms with van der Waals surface area (Å²) in [6.07, 6.45) is 0. The number of nitrogens with zero attached hydrogens (tertiary/aromatic N) is 1. The average Bonchev–Trinajstić information content (AvgIpc) is 2.67. The minimum Gasteiger partial charge on any atom is -0.548 e. The van der Waals surface area contributed by atoms with E-state index in [0.717, 1.165) is 0 Å². The van der Waals surface area contributed by atoms with Crippen LogP contribution in [0.25, 0.3) is 0 Å². The Morgan fingerprint density at radius 1 is 1.53 bits per heavy atom. The molecule has 0 aliphatic carbocycles. The van der Waals surface area contributed by atoms with Gasteiger partial charge in [0.2, 0.25) is 0 Å². The lowest BCUT2D eigenvalue weighted by atomic mass is 10.2. The van der Waals surface area contributed by atoms with Gasteiger partial charge in [-0.3, -0.25) is 4.99 Å². The highest BCUT2D eigenvalue weighted by atomic mass is 32.2. The highest BCUT2D eigenvalue weighted by Crippen LogP contribution is 2.28. The van der Waals surface area contributed by atoms with E-state index in [0.29, 0.717) is 16.4 Å². The summed E-state index contributed by atoms with van der Waals surface area (Å²) in [7, 11) is 0. The third-order valence-electron chi connectivity index (χ3n) is 2.06. The first-order valence-corrected chi connectivity index (χ1v) is 5.37. The standard InChI is InChI=1S/C10H9NO3S/c12-8-4-2-1-3-6(8)9-11-7(5-15-9)10(13)14/h1-4,7,12H,5H2,(H,13,14)/p-1. The van der Waals surface area contributed by atoms with Crippen LogP contribution in [-0.2, 0) is 4.79 Å². The predicted octanol–water partition coefficient (Wildman–Crippen LogP) is 0.00410. The molecular weight excluding hydrogens is 214 g/mol. The van der Waals surface area contributed by atoms with E-state index in [1.165, 1.54) is 11.8 Å². The largest absolute Gasteiger partial charge is 0.548 e. The molecule has 1 aromatic rings. The van der Waals surface area contributed by atoms with Gasteiger partial charge in [-0.25, -0.2) is 0 Å². The number of aliphatic carboxylic acids is 1. The summed E-state index contributed by atoms with van der Waals surface area (Å²) in [4.78, 5) is 14.5. The van der Waals surface area contributed by atoms with E-state index in [2.05, 4.69) is 4.99 Å². The van der Waals surface area contributed by atoms with Crippen molar-refractivity contribution in [1.29, 1.82) is 0 Å². The zero-order chi connectivity index (χ0) is 10.8. The van der Waals surface area contributed by atoms with E-state index < -0.39 is 12.0 Å². The van der Waals surface area contributed by atoms with E-state index >= 15 is 0 Å². The van der Waals surface area contributed by atoms with Crippen molar-refractivity contribution in [3.05, 3.63) is 29.8 Å². The summed E-state index contributed by atoms with van der Waals surface area (Å²) in [6, 6.07) is 5.92. The quantitative estimate of drug-likeness (QED) is 0.764. The molecule has 4 nitrogen and oxygen atoms in total. The van der Waals surface area contributed by atoms with Crippen LogP contribution in [0.1, 0.15) is 5.56 Å². The SMILES string of the molecule is O=C([O-])C1CSC(c2ccccc2O)=N1. The number of aromatic hydroxyl groups is 1. The van der Waals surface area contributed by atoms with Crippen molar-refractivity contribution in [2.45, 2.75) is 6.04 Å². The number of hydrogen-bond donors (Lipinski definition) is 1. The first kappa shape index (κ1) is 10.0. The van der Waals surface area contributed by atoms with E-state index in [-0.39, 0.29) is 5.75 Å². The van der Waals surface area contributed by atoms with Gasteiger partial charge < -0.3 is 15.0 Å². The molecule has 0 spiro atoms. The molecule has 15 heavy (non-hydrogen) atoms. The number of thioether (sulfide) groups is 1. The van der Waals surface area contributed by atoms with Crippen molar-refractivity contribution in [3.8, 4) is 5.75 Å². The Balaban J connectivity index is 2.30. The van der Waals surface area contributed by atoms with Crippen LogP contribution < -0.4 is 5.11 Å². The molecule has 1 N–H and O–H groups in total. The second kappa shape index (κ2) is 3.94.